The van der Waals surface area contributed by atoms with E-state index in [1.807, 2.05) is 24.3 Å². The van der Waals surface area contributed by atoms with Crippen LogP contribution in [0, 0.1) is 11.3 Å². The molecule has 0 spiro atoms. The number of nitrogens with one attached hydrogen (secondary N) is 1. The van der Waals surface area contributed by atoms with Gasteiger partial charge in [-0.25, -0.2) is 4.98 Å². The molecule has 5 N–H and O–H groups in total. The zero-order chi connectivity index (χ0) is 20.0. The van der Waals surface area contributed by atoms with Crippen molar-refractivity contribution >= 4 is 32.9 Å². The lowest BCUT2D eigenvalue weighted by Gasteiger charge is -2.27. The third-order valence-electron chi connectivity index (χ3n) is 4.64. The number of allylic oxidation sites excluding steroid dienone is 1. The average molecular weight is 442 g/mol. The first kappa shape index (κ1) is 18.0. The van der Waals surface area contributed by atoms with Gasteiger partial charge in [-0.1, -0.05) is 6.07 Å². The largest absolute Gasteiger partial charge is 0.493 e. The van der Waals surface area contributed by atoms with Crippen molar-refractivity contribution in [3.05, 3.63) is 51.3 Å². The fourth-order valence-corrected chi connectivity index (χ4v) is 4.07. The van der Waals surface area contributed by atoms with Gasteiger partial charge in [-0.15, -0.1) is 0 Å². The van der Waals surface area contributed by atoms with Crippen LogP contribution in [0.1, 0.15) is 17.0 Å². The van der Waals surface area contributed by atoms with Gasteiger partial charge >= 0.3 is 0 Å². The molecule has 2 heterocycles. The summed E-state index contributed by atoms with van der Waals surface area (Å²) < 4.78 is 17.3. The van der Waals surface area contributed by atoms with Crippen molar-refractivity contribution in [3.8, 4) is 23.3 Å². The van der Waals surface area contributed by atoms with Gasteiger partial charge in [0.05, 0.1) is 30.1 Å². The number of nitrogens with zero attached hydrogens (tertiary/aromatic N) is 2. The average Bonchev–Trinajstić information content (AvgIpc) is 3.07. The lowest BCUT2D eigenvalue weighted by molar-refractivity contribution is 0.352. The minimum Gasteiger partial charge on any atom is -0.493 e. The predicted octanol–water partition coefficient (Wildman–Crippen LogP) is 3.14. The highest BCUT2D eigenvalue weighted by Gasteiger charge is 2.33. The summed E-state index contributed by atoms with van der Waals surface area (Å²) in [6.07, 6.45) is 0. The number of ether oxygens (including phenoxy) is 3. The Labute approximate surface area is 168 Å². The number of nitrogens with two attached hydrogens (primary N) is 2. The summed E-state index contributed by atoms with van der Waals surface area (Å²) in [6, 6.07) is 9.57. The second-order valence-electron chi connectivity index (χ2n) is 6.17. The van der Waals surface area contributed by atoms with E-state index in [4.69, 9.17) is 25.7 Å². The van der Waals surface area contributed by atoms with E-state index in [1.54, 1.807) is 14.2 Å². The van der Waals surface area contributed by atoms with Crippen LogP contribution in [0.15, 0.2) is 40.2 Å². The molecule has 1 unspecified atom stereocenters. The molecule has 0 amide bonds. The van der Waals surface area contributed by atoms with Gasteiger partial charge in [0.25, 0.3) is 0 Å². The van der Waals surface area contributed by atoms with Gasteiger partial charge in [-0.05, 0) is 39.7 Å². The number of anilines is 1. The van der Waals surface area contributed by atoms with Gasteiger partial charge in [0.2, 0.25) is 5.88 Å². The first-order chi connectivity index (χ1) is 13.5. The number of hydrogen-bond donors (Lipinski definition) is 3. The Morgan fingerprint density at radius 3 is 2.71 bits per heavy atom. The summed E-state index contributed by atoms with van der Waals surface area (Å²) in [6.45, 7) is 0. The summed E-state index contributed by atoms with van der Waals surface area (Å²) in [5.41, 5.74) is 15.0. The number of H-pyrrole nitrogens is 1. The van der Waals surface area contributed by atoms with E-state index in [-0.39, 0.29) is 11.8 Å². The number of nitriles is 1. The number of hydrogen-bond acceptors (Lipinski definition) is 7. The van der Waals surface area contributed by atoms with Gasteiger partial charge in [0.1, 0.15) is 17.2 Å². The number of rotatable bonds is 3. The molecule has 1 aliphatic rings. The van der Waals surface area contributed by atoms with E-state index in [9.17, 15) is 5.26 Å². The molecule has 0 saturated heterocycles. The van der Waals surface area contributed by atoms with E-state index in [0.29, 0.717) is 32.8 Å². The molecule has 3 aromatic rings. The Morgan fingerprint density at radius 1 is 1.25 bits per heavy atom. The minimum absolute atomic E-state index is 0.0278. The monoisotopic (exact) mass is 441 g/mol. The number of benzene rings is 2. The standard InChI is InChI=1S/C19H16BrN5O3/c1-26-13-6-8(5-11(20)17(13)27-2)14-9-3-4-12-15(25-19(23)24-12)16(9)28-18(22)10(14)7-21/h3-6,14H,22H2,1-2H3,(H3,23,24,25). The van der Waals surface area contributed by atoms with Crippen LogP contribution in [0.4, 0.5) is 5.95 Å². The highest BCUT2D eigenvalue weighted by molar-refractivity contribution is 9.10. The molecule has 0 saturated carbocycles. The van der Waals surface area contributed by atoms with Gasteiger partial charge in [-0.3, -0.25) is 0 Å². The third kappa shape index (κ3) is 2.61. The molecule has 0 bridgehead atoms. The van der Waals surface area contributed by atoms with Crippen LogP contribution < -0.4 is 25.7 Å². The van der Waals surface area contributed by atoms with Crippen molar-refractivity contribution in [1.29, 1.82) is 5.26 Å². The molecule has 0 radical (unpaired) electrons. The maximum absolute atomic E-state index is 9.76. The second-order valence-corrected chi connectivity index (χ2v) is 7.02. The molecule has 9 heteroatoms. The quantitative estimate of drug-likeness (QED) is 0.568. The SMILES string of the molecule is COc1cc(C2C(C#N)=C(N)Oc3c2ccc2[nH]c(N)nc32)cc(Br)c1OC. The van der Waals surface area contributed by atoms with Crippen molar-refractivity contribution in [2.45, 2.75) is 5.92 Å². The predicted molar refractivity (Wildman–Crippen MR) is 107 cm³/mol. The number of halogens is 1. The normalized spacial score (nSPS) is 15.7. The van der Waals surface area contributed by atoms with Crippen LogP contribution in [-0.2, 0) is 0 Å². The maximum Gasteiger partial charge on any atom is 0.205 e. The number of methoxy groups -OCH3 is 2. The van der Waals surface area contributed by atoms with Crippen LogP contribution in [0.3, 0.4) is 0 Å². The molecule has 8 nitrogen and oxygen atoms in total. The van der Waals surface area contributed by atoms with E-state index < -0.39 is 5.92 Å². The van der Waals surface area contributed by atoms with E-state index in [2.05, 4.69) is 32.0 Å². The Kier molecular flexibility index (Phi) is 4.28. The number of imidazole rings is 1. The fourth-order valence-electron chi connectivity index (χ4n) is 3.45. The molecule has 1 atom stereocenters. The molecule has 1 aliphatic heterocycles. The maximum atomic E-state index is 9.76. The van der Waals surface area contributed by atoms with Gasteiger partial charge < -0.3 is 30.7 Å². The lowest BCUT2D eigenvalue weighted by atomic mass is 9.83. The number of aromatic nitrogens is 2. The number of fused-ring (bicyclic) bond motifs is 3. The van der Waals surface area contributed by atoms with Gasteiger partial charge in [-0.2, -0.15) is 5.26 Å². The van der Waals surface area contributed by atoms with Crippen LogP contribution in [-0.4, -0.2) is 24.2 Å². The van der Waals surface area contributed by atoms with Crippen LogP contribution >= 0.6 is 15.9 Å². The molecular weight excluding hydrogens is 426 g/mol. The molecule has 28 heavy (non-hydrogen) atoms. The highest BCUT2D eigenvalue weighted by Crippen LogP contribution is 2.47. The molecule has 2 aromatic carbocycles. The third-order valence-corrected chi connectivity index (χ3v) is 5.23. The number of aromatic amines is 1. The summed E-state index contributed by atoms with van der Waals surface area (Å²) >= 11 is 3.51. The van der Waals surface area contributed by atoms with E-state index in [0.717, 1.165) is 16.6 Å². The topological polar surface area (TPSA) is 132 Å². The lowest BCUT2D eigenvalue weighted by Crippen LogP contribution is -2.21. The van der Waals surface area contributed by atoms with Crippen LogP contribution in [0.2, 0.25) is 0 Å². The molecule has 1 aromatic heterocycles. The fraction of sp³-hybridized carbons (Fsp3) is 0.158. The summed E-state index contributed by atoms with van der Waals surface area (Å²) in [4.78, 5) is 7.27. The van der Waals surface area contributed by atoms with Gasteiger partial charge in [0.15, 0.2) is 23.2 Å². The smallest absolute Gasteiger partial charge is 0.205 e. The van der Waals surface area contributed by atoms with Crippen molar-refractivity contribution in [1.82, 2.24) is 9.97 Å². The van der Waals surface area contributed by atoms with Crippen molar-refractivity contribution in [2.24, 2.45) is 5.73 Å². The second kappa shape index (κ2) is 6.65. The van der Waals surface area contributed by atoms with Gasteiger partial charge in [0, 0.05) is 5.56 Å². The van der Waals surface area contributed by atoms with Crippen LogP contribution in [0.25, 0.3) is 11.0 Å². The van der Waals surface area contributed by atoms with E-state index >= 15 is 0 Å². The summed E-state index contributed by atoms with van der Waals surface area (Å²) in [7, 11) is 3.11. The van der Waals surface area contributed by atoms with Crippen molar-refractivity contribution in [2.75, 3.05) is 20.0 Å². The molecule has 0 aliphatic carbocycles. The first-order valence-electron chi connectivity index (χ1n) is 8.25. The Bertz CT molecular complexity index is 1180. The highest BCUT2D eigenvalue weighted by atomic mass is 79.9. The summed E-state index contributed by atoms with van der Waals surface area (Å²) in [5, 5.41) is 9.76. The van der Waals surface area contributed by atoms with E-state index in [1.165, 1.54) is 0 Å². The van der Waals surface area contributed by atoms with Crippen LogP contribution in [0.5, 0.6) is 17.2 Å². The molecular formula is C19H16BrN5O3. The Hall–Kier alpha value is -3.38. The molecule has 142 valence electrons. The first-order valence-corrected chi connectivity index (χ1v) is 9.04. The molecule has 0 fully saturated rings. The zero-order valence-corrected chi connectivity index (χ0v) is 16.6. The van der Waals surface area contributed by atoms with Crippen molar-refractivity contribution < 1.29 is 14.2 Å². The Morgan fingerprint density at radius 2 is 2.04 bits per heavy atom. The Balaban J connectivity index is 2.00. The zero-order valence-electron chi connectivity index (χ0n) is 15.0. The molecule has 4 rings (SSSR count). The summed E-state index contributed by atoms with van der Waals surface area (Å²) in [5.74, 6) is 1.39. The van der Waals surface area contributed by atoms with Crippen molar-refractivity contribution in [3.63, 3.8) is 0 Å². The minimum atomic E-state index is -0.466. The number of nitrogen functional groups attached to an aromatic ring is 1.